The van der Waals surface area contributed by atoms with Crippen molar-refractivity contribution in [3.8, 4) is 0 Å². The molecule has 0 aromatic heterocycles. The third-order valence-electron chi connectivity index (χ3n) is 3.75. The maximum absolute atomic E-state index is 12.6. The Morgan fingerprint density at radius 1 is 1.19 bits per heavy atom. The lowest BCUT2D eigenvalue weighted by atomic mass is 10.1. The number of benzene rings is 1. The van der Waals surface area contributed by atoms with Gasteiger partial charge in [-0.2, -0.15) is 4.31 Å². The Labute approximate surface area is 128 Å². The predicted octanol–water partition coefficient (Wildman–Crippen LogP) is 2.67. The van der Waals surface area contributed by atoms with Crippen LogP contribution in [0.25, 0.3) is 0 Å². The van der Waals surface area contributed by atoms with Crippen LogP contribution in [0.3, 0.4) is 0 Å². The van der Waals surface area contributed by atoms with Gasteiger partial charge in [0.2, 0.25) is 10.0 Å². The minimum Gasteiger partial charge on any atom is -0.396 e. The molecule has 1 rings (SSSR count). The van der Waals surface area contributed by atoms with Gasteiger partial charge in [0.1, 0.15) is 0 Å². The second-order valence-corrected chi connectivity index (χ2v) is 7.38. The van der Waals surface area contributed by atoms with Gasteiger partial charge in [0.25, 0.3) is 0 Å². The van der Waals surface area contributed by atoms with Gasteiger partial charge in [0, 0.05) is 19.7 Å². The van der Waals surface area contributed by atoms with E-state index >= 15 is 0 Å². The van der Waals surface area contributed by atoms with E-state index in [9.17, 15) is 8.42 Å². The van der Waals surface area contributed by atoms with Crippen LogP contribution < -0.4 is 0 Å². The highest BCUT2D eigenvalue weighted by Gasteiger charge is 2.24. The molecule has 0 heterocycles. The summed E-state index contributed by atoms with van der Waals surface area (Å²) in [6.07, 6.45) is 2.43. The zero-order chi connectivity index (χ0) is 15.9. The molecule has 1 N–H and O–H groups in total. The molecule has 0 amide bonds. The number of sulfonamides is 1. The van der Waals surface area contributed by atoms with Crippen molar-refractivity contribution in [1.82, 2.24) is 4.31 Å². The fraction of sp³-hybridized carbons (Fsp3) is 0.625. The van der Waals surface area contributed by atoms with Crippen molar-refractivity contribution in [3.05, 3.63) is 29.8 Å². The van der Waals surface area contributed by atoms with Crippen molar-refractivity contribution in [2.75, 3.05) is 19.7 Å². The zero-order valence-electron chi connectivity index (χ0n) is 13.2. The van der Waals surface area contributed by atoms with Crippen LogP contribution in [-0.4, -0.2) is 37.5 Å². The first kappa shape index (κ1) is 18.1. The van der Waals surface area contributed by atoms with Crippen LogP contribution in [0.15, 0.2) is 29.2 Å². The minimum absolute atomic E-state index is 0.151. The molecule has 0 saturated heterocycles. The molecule has 1 atom stereocenters. The molecule has 0 radical (unpaired) electrons. The molecule has 0 saturated carbocycles. The number of aliphatic hydroxyl groups excluding tert-OH is 1. The van der Waals surface area contributed by atoms with Crippen LogP contribution in [0.2, 0.25) is 0 Å². The average molecular weight is 313 g/mol. The fourth-order valence-corrected chi connectivity index (χ4v) is 3.70. The van der Waals surface area contributed by atoms with E-state index in [-0.39, 0.29) is 6.61 Å². The van der Waals surface area contributed by atoms with Gasteiger partial charge in [0.15, 0.2) is 0 Å². The molecule has 0 bridgehead atoms. The highest BCUT2D eigenvalue weighted by molar-refractivity contribution is 7.89. The molecule has 120 valence electrons. The molecule has 0 spiro atoms. The standard InChI is InChI=1S/C16H27NO3S/c1-4-14(3)13-17(5-2)21(19,20)16-10-8-15(9-11-16)7-6-12-18/h8-11,14,18H,4-7,12-13H2,1-3H3. The monoisotopic (exact) mass is 313 g/mol. The van der Waals surface area contributed by atoms with Crippen LogP contribution in [0.5, 0.6) is 0 Å². The molecule has 5 heteroatoms. The molecule has 4 nitrogen and oxygen atoms in total. The summed E-state index contributed by atoms with van der Waals surface area (Å²) in [4.78, 5) is 0.348. The number of nitrogens with zero attached hydrogens (tertiary/aromatic N) is 1. The van der Waals surface area contributed by atoms with E-state index in [1.165, 1.54) is 0 Å². The van der Waals surface area contributed by atoms with Crippen LogP contribution in [0.4, 0.5) is 0 Å². The summed E-state index contributed by atoms with van der Waals surface area (Å²) in [6.45, 7) is 7.20. The number of hydrogen-bond donors (Lipinski definition) is 1. The topological polar surface area (TPSA) is 57.6 Å². The van der Waals surface area contributed by atoms with Gasteiger partial charge in [0.05, 0.1) is 4.90 Å². The van der Waals surface area contributed by atoms with Crippen LogP contribution >= 0.6 is 0 Å². The second-order valence-electron chi connectivity index (χ2n) is 5.44. The summed E-state index contributed by atoms with van der Waals surface area (Å²) in [6, 6.07) is 7.00. The first-order chi connectivity index (χ1) is 9.95. The van der Waals surface area contributed by atoms with Crippen molar-refractivity contribution >= 4 is 10.0 Å². The van der Waals surface area contributed by atoms with Crippen LogP contribution in [0, 0.1) is 5.92 Å². The Hall–Kier alpha value is -0.910. The fourth-order valence-electron chi connectivity index (χ4n) is 2.13. The van der Waals surface area contributed by atoms with Crippen molar-refractivity contribution in [2.24, 2.45) is 5.92 Å². The highest BCUT2D eigenvalue weighted by Crippen LogP contribution is 2.19. The van der Waals surface area contributed by atoms with Crippen LogP contribution in [-0.2, 0) is 16.4 Å². The smallest absolute Gasteiger partial charge is 0.243 e. The van der Waals surface area contributed by atoms with Crippen molar-refractivity contribution in [1.29, 1.82) is 0 Å². The molecule has 1 aromatic carbocycles. The maximum atomic E-state index is 12.6. The number of aryl methyl sites for hydroxylation is 1. The highest BCUT2D eigenvalue weighted by atomic mass is 32.2. The van der Waals surface area contributed by atoms with Crippen molar-refractivity contribution < 1.29 is 13.5 Å². The third-order valence-corrected chi connectivity index (χ3v) is 5.70. The van der Waals surface area contributed by atoms with Crippen molar-refractivity contribution in [2.45, 2.75) is 44.9 Å². The third kappa shape index (κ3) is 5.09. The lowest BCUT2D eigenvalue weighted by Gasteiger charge is -2.23. The summed E-state index contributed by atoms with van der Waals surface area (Å²) in [5.74, 6) is 0.351. The molecule has 21 heavy (non-hydrogen) atoms. The molecule has 0 aliphatic carbocycles. The van der Waals surface area contributed by atoms with E-state index in [4.69, 9.17) is 5.11 Å². The summed E-state index contributed by atoms with van der Waals surface area (Å²) >= 11 is 0. The van der Waals surface area contributed by atoms with Gasteiger partial charge in [-0.3, -0.25) is 0 Å². The Balaban J connectivity index is 2.89. The average Bonchev–Trinajstić information content (AvgIpc) is 2.50. The quantitative estimate of drug-likeness (QED) is 0.762. The van der Waals surface area contributed by atoms with Gasteiger partial charge in [-0.05, 0) is 36.5 Å². The van der Waals surface area contributed by atoms with Gasteiger partial charge in [-0.1, -0.05) is 39.3 Å². The first-order valence-electron chi connectivity index (χ1n) is 7.65. The lowest BCUT2D eigenvalue weighted by Crippen LogP contribution is -2.34. The molecule has 0 fully saturated rings. The zero-order valence-corrected chi connectivity index (χ0v) is 14.1. The van der Waals surface area contributed by atoms with Gasteiger partial charge in [-0.15, -0.1) is 0 Å². The SMILES string of the molecule is CCC(C)CN(CC)S(=O)(=O)c1ccc(CCCO)cc1. The molecule has 0 aliphatic heterocycles. The van der Waals surface area contributed by atoms with E-state index in [0.29, 0.717) is 30.3 Å². The molecular weight excluding hydrogens is 286 g/mol. The van der Waals surface area contributed by atoms with E-state index in [1.807, 2.05) is 19.1 Å². The Kier molecular flexibility index (Phi) is 7.35. The van der Waals surface area contributed by atoms with Crippen LogP contribution in [0.1, 0.15) is 39.2 Å². The molecule has 1 aromatic rings. The summed E-state index contributed by atoms with van der Waals surface area (Å²) < 4.78 is 26.8. The van der Waals surface area contributed by atoms with Gasteiger partial charge >= 0.3 is 0 Å². The normalized spacial score (nSPS) is 13.6. The van der Waals surface area contributed by atoms with E-state index < -0.39 is 10.0 Å². The largest absolute Gasteiger partial charge is 0.396 e. The summed E-state index contributed by atoms with van der Waals surface area (Å²) in [7, 11) is -3.41. The Morgan fingerprint density at radius 2 is 1.81 bits per heavy atom. The van der Waals surface area contributed by atoms with E-state index in [0.717, 1.165) is 18.4 Å². The number of aliphatic hydroxyl groups is 1. The summed E-state index contributed by atoms with van der Waals surface area (Å²) in [5.41, 5.74) is 1.05. The van der Waals surface area contributed by atoms with E-state index in [1.54, 1.807) is 16.4 Å². The molecule has 0 aliphatic rings. The predicted molar refractivity (Wildman–Crippen MR) is 85.7 cm³/mol. The Bertz CT molecular complexity index is 511. The first-order valence-corrected chi connectivity index (χ1v) is 9.09. The number of hydrogen-bond acceptors (Lipinski definition) is 3. The van der Waals surface area contributed by atoms with Gasteiger partial charge in [-0.25, -0.2) is 8.42 Å². The maximum Gasteiger partial charge on any atom is 0.243 e. The summed E-state index contributed by atoms with van der Waals surface area (Å²) in [5, 5.41) is 8.82. The van der Waals surface area contributed by atoms with E-state index in [2.05, 4.69) is 13.8 Å². The number of rotatable bonds is 9. The van der Waals surface area contributed by atoms with Gasteiger partial charge < -0.3 is 5.11 Å². The second kappa shape index (κ2) is 8.51. The molecular formula is C16H27NO3S. The lowest BCUT2D eigenvalue weighted by molar-refractivity contribution is 0.288. The minimum atomic E-state index is -3.41. The Morgan fingerprint density at radius 3 is 2.29 bits per heavy atom. The van der Waals surface area contributed by atoms with Crippen molar-refractivity contribution in [3.63, 3.8) is 0 Å². The molecule has 1 unspecified atom stereocenters.